The summed E-state index contributed by atoms with van der Waals surface area (Å²) in [5.74, 6) is -2.04. The number of carbonyl (C=O) groups is 2. The summed E-state index contributed by atoms with van der Waals surface area (Å²) in [5, 5.41) is 2.59. The lowest BCUT2D eigenvalue weighted by Crippen LogP contribution is -2.39. The van der Waals surface area contributed by atoms with Crippen molar-refractivity contribution in [3.63, 3.8) is 0 Å². The van der Waals surface area contributed by atoms with E-state index < -0.39 is 23.1 Å². The molecule has 6 heteroatoms. The van der Waals surface area contributed by atoms with Crippen molar-refractivity contribution >= 4 is 11.8 Å². The first-order valence-electron chi connectivity index (χ1n) is 9.54. The summed E-state index contributed by atoms with van der Waals surface area (Å²) in [5.41, 5.74) is 1.27. The number of likely N-dealkylation sites (tertiary alicyclic amines) is 1. The molecule has 0 atom stereocenters. The molecule has 148 valence electrons. The Hall–Kier alpha value is -2.76. The van der Waals surface area contributed by atoms with Gasteiger partial charge in [-0.25, -0.2) is 8.78 Å². The summed E-state index contributed by atoms with van der Waals surface area (Å²) in [6, 6.07) is 10.9. The summed E-state index contributed by atoms with van der Waals surface area (Å²) in [7, 11) is 0. The van der Waals surface area contributed by atoms with Crippen molar-refractivity contribution in [1.82, 2.24) is 10.2 Å². The summed E-state index contributed by atoms with van der Waals surface area (Å²) < 4.78 is 27.3. The molecule has 1 fully saturated rings. The van der Waals surface area contributed by atoms with Crippen molar-refractivity contribution in [2.75, 3.05) is 19.6 Å². The van der Waals surface area contributed by atoms with Crippen LogP contribution in [0.4, 0.5) is 8.78 Å². The van der Waals surface area contributed by atoms with Gasteiger partial charge in [-0.15, -0.1) is 0 Å². The minimum Gasteiger partial charge on any atom is -0.352 e. The van der Waals surface area contributed by atoms with E-state index in [1.807, 2.05) is 36.1 Å². The van der Waals surface area contributed by atoms with Crippen LogP contribution in [0.25, 0.3) is 0 Å². The monoisotopic (exact) mass is 386 g/mol. The zero-order valence-corrected chi connectivity index (χ0v) is 15.9. The van der Waals surface area contributed by atoms with Crippen molar-refractivity contribution in [2.24, 2.45) is 5.92 Å². The highest BCUT2D eigenvalue weighted by Crippen LogP contribution is 2.22. The molecule has 1 aliphatic heterocycles. The van der Waals surface area contributed by atoms with Crippen molar-refractivity contribution < 1.29 is 18.4 Å². The maximum atomic E-state index is 13.6. The molecule has 1 heterocycles. The van der Waals surface area contributed by atoms with Gasteiger partial charge in [0.1, 0.15) is 17.2 Å². The predicted molar refractivity (Wildman–Crippen MR) is 103 cm³/mol. The fourth-order valence-electron chi connectivity index (χ4n) is 3.50. The van der Waals surface area contributed by atoms with Crippen LogP contribution in [0, 0.1) is 24.5 Å². The maximum Gasteiger partial charge on any atom is 0.257 e. The Morgan fingerprint density at radius 1 is 1.04 bits per heavy atom. The highest BCUT2D eigenvalue weighted by atomic mass is 19.1. The number of nitrogens with zero attached hydrogens (tertiary/aromatic N) is 1. The van der Waals surface area contributed by atoms with Gasteiger partial charge in [0.05, 0.1) is 0 Å². The molecule has 3 rings (SSSR count). The standard InChI is InChI=1S/C22H24F2N2O2/c1-15-5-7-17(8-6-15)22(28)26-13-10-16(11-14-26)9-12-25-21(27)20-18(23)3-2-4-19(20)24/h2-8,16H,9-14H2,1H3,(H,25,27). The Kier molecular flexibility index (Phi) is 6.39. The zero-order chi connectivity index (χ0) is 20.1. The van der Waals surface area contributed by atoms with Gasteiger partial charge in [-0.05, 0) is 56.4 Å². The van der Waals surface area contributed by atoms with E-state index in [9.17, 15) is 18.4 Å². The first-order chi connectivity index (χ1) is 13.5. The Morgan fingerprint density at radius 2 is 1.64 bits per heavy atom. The highest BCUT2D eigenvalue weighted by molar-refractivity contribution is 5.95. The van der Waals surface area contributed by atoms with Gasteiger partial charge < -0.3 is 10.2 Å². The number of nitrogens with one attached hydrogen (secondary N) is 1. The topological polar surface area (TPSA) is 49.4 Å². The van der Waals surface area contributed by atoms with Gasteiger partial charge in [0.2, 0.25) is 0 Å². The maximum absolute atomic E-state index is 13.6. The molecule has 4 nitrogen and oxygen atoms in total. The van der Waals surface area contributed by atoms with E-state index in [2.05, 4.69) is 5.32 Å². The second-order valence-electron chi connectivity index (χ2n) is 7.24. The molecule has 0 saturated carbocycles. The van der Waals surface area contributed by atoms with Crippen molar-refractivity contribution in [3.05, 3.63) is 70.8 Å². The molecule has 2 aromatic carbocycles. The second-order valence-corrected chi connectivity index (χ2v) is 7.24. The molecule has 1 N–H and O–H groups in total. The van der Waals surface area contributed by atoms with Gasteiger partial charge in [0.25, 0.3) is 11.8 Å². The third-order valence-electron chi connectivity index (χ3n) is 5.23. The number of carbonyl (C=O) groups excluding carboxylic acids is 2. The number of hydrogen-bond acceptors (Lipinski definition) is 2. The predicted octanol–water partition coefficient (Wildman–Crippen LogP) is 3.95. The smallest absolute Gasteiger partial charge is 0.257 e. The molecule has 0 unspecified atom stereocenters. The minimum absolute atomic E-state index is 0.0433. The number of rotatable bonds is 5. The molecule has 0 bridgehead atoms. The summed E-state index contributed by atoms with van der Waals surface area (Å²) >= 11 is 0. The highest BCUT2D eigenvalue weighted by Gasteiger charge is 2.24. The lowest BCUT2D eigenvalue weighted by molar-refractivity contribution is 0.0687. The normalized spacial score (nSPS) is 14.8. The third-order valence-corrected chi connectivity index (χ3v) is 5.23. The van der Waals surface area contributed by atoms with E-state index in [0.717, 1.165) is 30.5 Å². The van der Waals surface area contributed by atoms with Crippen LogP contribution in [0.3, 0.4) is 0 Å². The Balaban J connectivity index is 1.44. The average molecular weight is 386 g/mol. The van der Waals surface area contributed by atoms with Crippen LogP contribution < -0.4 is 5.32 Å². The van der Waals surface area contributed by atoms with E-state index in [0.29, 0.717) is 37.5 Å². The number of benzene rings is 2. The van der Waals surface area contributed by atoms with E-state index >= 15 is 0 Å². The summed E-state index contributed by atoms with van der Waals surface area (Å²) in [6.07, 6.45) is 2.41. The van der Waals surface area contributed by atoms with Gasteiger partial charge in [-0.2, -0.15) is 0 Å². The molecule has 0 spiro atoms. The van der Waals surface area contributed by atoms with Gasteiger partial charge in [0.15, 0.2) is 0 Å². The number of amides is 2. The second kappa shape index (κ2) is 8.95. The van der Waals surface area contributed by atoms with Crippen LogP contribution in [0.15, 0.2) is 42.5 Å². The molecule has 28 heavy (non-hydrogen) atoms. The first kappa shape index (κ1) is 20.0. The number of piperidine rings is 1. The molecule has 1 saturated heterocycles. The largest absolute Gasteiger partial charge is 0.352 e. The summed E-state index contributed by atoms with van der Waals surface area (Å²) in [6.45, 7) is 3.68. The van der Waals surface area contributed by atoms with Crippen LogP contribution in [0.5, 0.6) is 0 Å². The molecule has 1 aliphatic rings. The van der Waals surface area contributed by atoms with Crippen molar-refractivity contribution in [2.45, 2.75) is 26.2 Å². The third kappa shape index (κ3) is 4.74. The average Bonchev–Trinajstić information content (AvgIpc) is 2.68. The van der Waals surface area contributed by atoms with Gasteiger partial charge in [-0.3, -0.25) is 9.59 Å². The molecule has 2 amide bonds. The number of hydrogen-bond donors (Lipinski definition) is 1. The van der Waals surface area contributed by atoms with Crippen LogP contribution in [-0.4, -0.2) is 36.3 Å². The van der Waals surface area contributed by atoms with Gasteiger partial charge in [0, 0.05) is 25.2 Å². The Morgan fingerprint density at radius 3 is 2.25 bits per heavy atom. The van der Waals surface area contributed by atoms with E-state index in [-0.39, 0.29) is 5.91 Å². The fraction of sp³-hybridized carbons (Fsp3) is 0.364. The SMILES string of the molecule is Cc1ccc(C(=O)N2CCC(CCNC(=O)c3c(F)cccc3F)CC2)cc1. The molecule has 0 radical (unpaired) electrons. The lowest BCUT2D eigenvalue weighted by Gasteiger charge is -2.32. The quantitative estimate of drug-likeness (QED) is 0.846. The summed E-state index contributed by atoms with van der Waals surface area (Å²) in [4.78, 5) is 26.4. The molecule has 0 aliphatic carbocycles. The molecule has 0 aromatic heterocycles. The Bertz CT molecular complexity index is 824. The van der Waals surface area contributed by atoms with Crippen LogP contribution in [0.2, 0.25) is 0 Å². The van der Waals surface area contributed by atoms with Crippen molar-refractivity contribution in [1.29, 1.82) is 0 Å². The fourth-order valence-corrected chi connectivity index (χ4v) is 3.50. The zero-order valence-electron chi connectivity index (χ0n) is 15.9. The van der Waals surface area contributed by atoms with Crippen LogP contribution >= 0.6 is 0 Å². The van der Waals surface area contributed by atoms with Gasteiger partial charge >= 0.3 is 0 Å². The molecular weight excluding hydrogens is 362 g/mol. The van der Waals surface area contributed by atoms with Crippen LogP contribution in [0.1, 0.15) is 45.5 Å². The van der Waals surface area contributed by atoms with E-state index in [1.54, 1.807) is 0 Å². The molecular formula is C22H24F2N2O2. The first-order valence-corrected chi connectivity index (χ1v) is 9.54. The van der Waals surface area contributed by atoms with E-state index in [1.165, 1.54) is 6.07 Å². The van der Waals surface area contributed by atoms with E-state index in [4.69, 9.17) is 0 Å². The van der Waals surface area contributed by atoms with Crippen LogP contribution in [-0.2, 0) is 0 Å². The van der Waals surface area contributed by atoms with Crippen molar-refractivity contribution in [3.8, 4) is 0 Å². The lowest BCUT2D eigenvalue weighted by atomic mass is 9.93. The number of aryl methyl sites for hydroxylation is 1. The Labute approximate surface area is 163 Å². The molecule has 2 aromatic rings. The minimum atomic E-state index is -0.861. The number of halogens is 2. The van der Waals surface area contributed by atoms with Gasteiger partial charge in [-0.1, -0.05) is 23.8 Å².